The molecule has 140 valence electrons. The van der Waals surface area contributed by atoms with Crippen molar-refractivity contribution in [3.05, 3.63) is 76.0 Å². The lowest BCUT2D eigenvalue weighted by Gasteiger charge is -2.08. The topological polar surface area (TPSA) is 63.6 Å². The predicted octanol–water partition coefficient (Wildman–Crippen LogP) is 4.35. The monoisotopic (exact) mass is 370 g/mol. The lowest BCUT2D eigenvalue weighted by molar-refractivity contribution is 0.708. The SMILES string of the molecule is Cc1ccc(-c2ccn(-c3ccc4c5c([nH]c4c3)CCCCC5)c(=O)c2)nn1. The third-order valence-electron chi connectivity index (χ3n) is 5.62. The Kier molecular flexibility index (Phi) is 4.08. The van der Waals surface area contributed by atoms with Gasteiger partial charge in [-0.3, -0.25) is 9.36 Å². The molecule has 0 amide bonds. The lowest BCUT2D eigenvalue weighted by atomic mass is 10.1. The van der Waals surface area contributed by atoms with Crippen LogP contribution in [0.15, 0.2) is 53.5 Å². The molecule has 0 spiro atoms. The van der Waals surface area contributed by atoms with E-state index in [9.17, 15) is 4.79 Å². The van der Waals surface area contributed by atoms with Crippen molar-refractivity contribution in [1.82, 2.24) is 19.7 Å². The van der Waals surface area contributed by atoms with Crippen LogP contribution in [0.1, 0.15) is 36.2 Å². The fourth-order valence-electron chi connectivity index (χ4n) is 4.13. The van der Waals surface area contributed by atoms with Gasteiger partial charge in [0.2, 0.25) is 0 Å². The summed E-state index contributed by atoms with van der Waals surface area (Å²) in [5, 5.41) is 9.54. The molecule has 0 atom stereocenters. The molecule has 3 heterocycles. The Morgan fingerprint density at radius 2 is 1.86 bits per heavy atom. The zero-order valence-electron chi connectivity index (χ0n) is 15.9. The highest BCUT2D eigenvalue weighted by Gasteiger charge is 2.15. The first-order valence-corrected chi connectivity index (χ1v) is 9.86. The molecule has 0 saturated carbocycles. The first-order valence-electron chi connectivity index (χ1n) is 9.86. The standard InChI is InChI=1S/C23H22N4O/c1-15-7-10-20(26-25-15)16-11-12-27(23(28)13-16)17-8-9-19-18-5-3-2-4-6-21(18)24-22(19)14-17/h7-14,24H,2-6H2,1H3. The van der Waals surface area contributed by atoms with Gasteiger partial charge in [-0.25, -0.2) is 0 Å². The Labute approximate surface area is 163 Å². The number of hydrogen-bond acceptors (Lipinski definition) is 3. The molecule has 1 aliphatic carbocycles. The van der Waals surface area contributed by atoms with Gasteiger partial charge in [0.1, 0.15) is 0 Å². The maximum Gasteiger partial charge on any atom is 0.255 e. The highest BCUT2D eigenvalue weighted by atomic mass is 16.1. The van der Waals surface area contributed by atoms with E-state index in [0.717, 1.165) is 35.3 Å². The van der Waals surface area contributed by atoms with E-state index < -0.39 is 0 Å². The molecule has 1 aliphatic rings. The minimum absolute atomic E-state index is 0.0765. The molecule has 1 aromatic carbocycles. The summed E-state index contributed by atoms with van der Waals surface area (Å²) < 4.78 is 1.68. The first kappa shape index (κ1) is 16.9. The van der Waals surface area contributed by atoms with Crippen LogP contribution in [0.2, 0.25) is 0 Å². The summed E-state index contributed by atoms with van der Waals surface area (Å²) >= 11 is 0. The molecule has 0 saturated heterocycles. The van der Waals surface area contributed by atoms with E-state index in [1.165, 1.54) is 35.9 Å². The Bertz CT molecular complexity index is 1220. The number of nitrogens with one attached hydrogen (secondary N) is 1. The Hall–Kier alpha value is -3.21. The van der Waals surface area contributed by atoms with Gasteiger partial charge in [-0.15, -0.1) is 0 Å². The average Bonchev–Trinajstić information content (AvgIpc) is 2.88. The van der Waals surface area contributed by atoms with E-state index >= 15 is 0 Å². The minimum Gasteiger partial charge on any atom is -0.358 e. The molecule has 0 bridgehead atoms. The van der Waals surface area contributed by atoms with Gasteiger partial charge in [0.05, 0.1) is 17.1 Å². The summed E-state index contributed by atoms with van der Waals surface area (Å²) in [6.45, 7) is 1.89. The zero-order chi connectivity index (χ0) is 19.1. The summed E-state index contributed by atoms with van der Waals surface area (Å²) in [6.07, 6.45) is 7.87. The van der Waals surface area contributed by atoms with E-state index in [1.807, 2.05) is 37.4 Å². The number of H-pyrrole nitrogens is 1. The highest BCUT2D eigenvalue weighted by molar-refractivity contribution is 5.86. The molecular weight excluding hydrogens is 348 g/mol. The van der Waals surface area contributed by atoms with Crippen molar-refractivity contribution in [1.29, 1.82) is 0 Å². The molecule has 0 fully saturated rings. The van der Waals surface area contributed by atoms with Gasteiger partial charge in [0.25, 0.3) is 5.56 Å². The maximum absolute atomic E-state index is 12.8. The number of benzene rings is 1. The maximum atomic E-state index is 12.8. The first-order chi connectivity index (χ1) is 13.7. The number of aryl methyl sites for hydroxylation is 3. The third kappa shape index (κ3) is 2.93. The molecule has 0 unspecified atom stereocenters. The largest absolute Gasteiger partial charge is 0.358 e. The molecule has 5 rings (SSSR count). The molecule has 5 nitrogen and oxygen atoms in total. The van der Waals surface area contributed by atoms with Crippen LogP contribution in [0.5, 0.6) is 0 Å². The summed E-state index contributed by atoms with van der Waals surface area (Å²) in [7, 11) is 0. The van der Waals surface area contributed by atoms with Crippen molar-refractivity contribution in [3.63, 3.8) is 0 Å². The second-order valence-electron chi connectivity index (χ2n) is 7.56. The summed E-state index contributed by atoms with van der Waals surface area (Å²) in [5.74, 6) is 0. The third-order valence-corrected chi connectivity index (χ3v) is 5.62. The number of hydrogen-bond donors (Lipinski definition) is 1. The van der Waals surface area contributed by atoms with Crippen LogP contribution in [0, 0.1) is 6.92 Å². The Morgan fingerprint density at radius 1 is 0.964 bits per heavy atom. The van der Waals surface area contributed by atoms with Gasteiger partial charge >= 0.3 is 0 Å². The second kappa shape index (κ2) is 6.75. The van der Waals surface area contributed by atoms with Crippen LogP contribution >= 0.6 is 0 Å². The summed E-state index contributed by atoms with van der Waals surface area (Å²) in [6, 6.07) is 13.6. The van der Waals surface area contributed by atoms with E-state index in [0.29, 0.717) is 5.69 Å². The lowest BCUT2D eigenvalue weighted by Crippen LogP contribution is -2.16. The van der Waals surface area contributed by atoms with Gasteiger partial charge < -0.3 is 4.98 Å². The second-order valence-corrected chi connectivity index (χ2v) is 7.56. The van der Waals surface area contributed by atoms with Crippen LogP contribution in [-0.2, 0) is 12.8 Å². The van der Waals surface area contributed by atoms with Crippen molar-refractivity contribution in [3.8, 4) is 16.9 Å². The zero-order valence-corrected chi connectivity index (χ0v) is 15.9. The number of fused-ring (bicyclic) bond motifs is 3. The van der Waals surface area contributed by atoms with Crippen LogP contribution < -0.4 is 5.56 Å². The molecule has 28 heavy (non-hydrogen) atoms. The molecule has 1 N–H and O–H groups in total. The number of rotatable bonds is 2. The summed E-state index contributed by atoms with van der Waals surface area (Å²) in [4.78, 5) is 16.4. The molecule has 3 aromatic heterocycles. The molecule has 5 heteroatoms. The van der Waals surface area contributed by atoms with Crippen molar-refractivity contribution in [2.24, 2.45) is 0 Å². The smallest absolute Gasteiger partial charge is 0.255 e. The van der Waals surface area contributed by atoms with Crippen molar-refractivity contribution in [2.75, 3.05) is 0 Å². The van der Waals surface area contributed by atoms with Crippen LogP contribution in [0.3, 0.4) is 0 Å². The van der Waals surface area contributed by atoms with Crippen LogP contribution in [0.4, 0.5) is 0 Å². The summed E-state index contributed by atoms with van der Waals surface area (Å²) in [5.41, 5.74) is 7.08. The van der Waals surface area contributed by atoms with E-state index in [4.69, 9.17) is 0 Å². The van der Waals surface area contributed by atoms with E-state index in [-0.39, 0.29) is 5.56 Å². The van der Waals surface area contributed by atoms with Gasteiger partial charge in [0, 0.05) is 34.4 Å². The molecular formula is C23H22N4O. The number of aromatic nitrogens is 4. The average molecular weight is 370 g/mol. The van der Waals surface area contributed by atoms with E-state index in [1.54, 1.807) is 10.6 Å². The van der Waals surface area contributed by atoms with Crippen LogP contribution in [0.25, 0.3) is 27.8 Å². The van der Waals surface area contributed by atoms with Crippen molar-refractivity contribution < 1.29 is 0 Å². The van der Waals surface area contributed by atoms with Crippen molar-refractivity contribution in [2.45, 2.75) is 39.0 Å². The predicted molar refractivity (Wildman–Crippen MR) is 111 cm³/mol. The normalized spacial score (nSPS) is 14.0. The number of nitrogens with zero attached hydrogens (tertiary/aromatic N) is 3. The van der Waals surface area contributed by atoms with E-state index in [2.05, 4.69) is 27.3 Å². The van der Waals surface area contributed by atoms with Crippen molar-refractivity contribution >= 4 is 10.9 Å². The van der Waals surface area contributed by atoms with Gasteiger partial charge in [-0.2, -0.15) is 10.2 Å². The Balaban J connectivity index is 1.54. The quantitative estimate of drug-likeness (QED) is 0.534. The van der Waals surface area contributed by atoms with Gasteiger partial charge in [-0.1, -0.05) is 12.5 Å². The Morgan fingerprint density at radius 3 is 2.68 bits per heavy atom. The fourth-order valence-corrected chi connectivity index (χ4v) is 4.13. The van der Waals surface area contributed by atoms with Gasteiger partial charge in [0.15, 0.2) is 0 Å². The minimum atomic E-state index is -0.0765. The molecule has 0 radical (unpaired) electrons. The molecule has 4 aromatic rings. The van der Waals surface area contributed by atoms with Crippen LogP contribution in [-0.4, -0.2) is 19.7 Å². The van der Waals surface area contributed by atoms with Gasteiger partial charge in [-0.05, 0) is 68.5 Å². The highest BCUT2D eigenvalue weighted by Crippen LogP contribution is 2.29. The fraction of sp³-hybridized carbons (Fsp3) is 0.261. The molecule has 0 aliphatic heterocycles. The number of pyridine rings is 1. The number of aromatic amines is 1.